The summed E-state index contributed by atoms with van der Waals surface area (Å²) in [5.74, 6) is -0.113. The second kappa shape index (κ2) is 8.80. The first-order valence-electron chi connectivity index (χ1n) is 8.50. The fourth-order valence-corrected chi connectivity index (χ4v) is 2.93. The number of carbonyl (C=O) groups is 2. The minimum absolute atomic E-state index is 0.0194. The smallest absolute Gasteiger partial charge is 0.251 e. The molecule has 0 aromatic heterocycles. The number of hydrogen-bond acceptors (Lipinski definition) is 4. The molecule has 0 aliphatic carbocycles. The SMILES string of the molecule is CCCNC(=O)c1ccc(NC(=O)C2(COC)CCNCC2)cc1. The Hall–Kier alpha value is -1.92. The standard InChI is InChI=1S/C18H27N3O3/c1-3-10-20-16(22)14-4-6-15(7-5-14)21-17(23)18(13-24-2)8-11-19-12-9-18/h4-7,19H,3,8-13H2,1-2H3,(H,20,22)(H,21,23). The molecule has 0 saturated carbocycles. The van der Waals surface area contributed by atoms with E-state index >= 15 is 0 Å². The maximum absolute atomic E-state index is 12.7. The van der Waals surface area contributed by atoms with Gasteiger partial charge in [-0.2, -0.15) is 0 Å². The van der Waals surface area contributed by atoms with Gasteiger partial charge in [-0.15, -0.1) is 0 Å². The van der Waals surface area contributed by atoms with Gasteiger partial charge in [0.25, 0.3) is 5.91 Å². The summed E-state index contributed by atoms with van der Waals surface area (Å²) in [5.41, 5.74) is 0.799. The van der Waals surface area contributed by atoms with E-state index in [1.165, 1.54) is 0 Å². The lowest BCUT2D eigenvalue weighted by molar-refractivity contribution is -0.130. The van der Waals surface area contributed by atoms with Gasteiger partial charge in [-0.05, 0) is 56.6 Å². The Balaban J connectivity index is 2.01. The lowest BCUT2D eigenvalue weighted by atomic mass is 9.78. The second-order valence-corrected chi connectivity index (χ2v) is 6.25. The van der Waals surface area contributed by atoms with Crippen molar-refractivity contribution >= 4 is 17.5 Å². The van der Waals surface area contributed by atoms with Gasteiger partial charge in [-0.1, -0.05) is 6.92 Å². The van der Waals surface area contributed by atoms with Crippen molar-refractivity contribution < 1.29 is 14.3 Å². The molecule has 0 bridgehead atoms. The van der Waals surface area contributed by atoms with E-state index in [9.17, 15) is 9.59 Å². The Labute approximate surface area is 143 Å². The third-order valence-electron chi connectivity index (χ3n) is 4.40. The van der Waals surface area contributed by atoms with Gasteiger partial charge in [-0.25, -0.2) is 0 Å². The molecular formula is C18H27N3O3. The normalized spacial score (nSPS) is 16.4. The first-order valence-corrected chi connectivity index (χ1v) is 8.50. The summed E-state index contributed by atoms with van der Waals surface area (Å²) in [6.45, 7) is 4.71. The molecule has 1 aliphatic heterocycles. The van der Waals surface area contributed by atoms with Crippen molar-refractivity contribution in [3.05, 3.63) is 29.8 Å². The number of hydrogen-bond donors (Lipinski definition) is 3. The largest absolute Gasteiger partial charge is 0.384 e. The van der Waals surface area contributed by atoms with E-state index in [0.29, 0.717) is 24.4 Å². The molecule has 0 atom stereocenters. The van der Waals surface area contributed by atoms with Gasteiger partial charge >= 0.3 is 0 Å². The van der Waals surface area contributed by atoms with Gasteiger partial charge < -0.3 is 20.7 Å². The van der Waals surface area contributed by atoms with Crippen LogP contribution >= 0.6 is 0 Å². The summed E-state index contributed by atoms with van der Waals surface area (Å²) >= 11 is 0. The van der Waals surface area contributed by atoms with Gasteiger partial charge in [0.15, 0.2) is 0 Å². The number of amides is 2. The molecule has 1 aromatic rings. The molecule has 6 nitrogen and oxygen atoms in total. The van der Waals surface area contributed by atoms with E-state index in [1.807, 2.05) is 6.92 Å². The zero-order valence-corrected chi connectivity index (χ0v) is 14.5. The number of rotatable bonds is 7. The topological polar surface area (TPSA) is 79.5 Å². The number of ether oxygens (including phenoxy) is 1. The van der Waals surface area contributed by atoms with Crippen molar-refractivity contribution in [1.82, 2.24) is 10.6 Å². The maximum Gasteiger partial charge on any atom is 0.251 e. The molecule has 3 N–H and O–H groups in total. The van der Waals surface area contributed by atoms with Crippen LogP contribution in [0.15, 0.2) is 24.3 Å². The monoisotopic (exact) mass is 333 g/mol. The Morgan fingerprint density at radius 2 is 1.88 bits per heavy atom. The second-order valence-electron chi connectivity index (χ2n) is 6.25. The Morgan fingerprint density at radius 1 is 1.21 bits per heavy atom. The number of carbonyl (C=O) groups excluding carboxylic acids is 2. The van der Waals surface area contributed by atoms with Crippen molar-refractivity contribution in [3.8, 4) is 0 Å². The number of nitrogens with one attached hydrogen (secondary N) is 3. The molecule has 1 fully saturated rings. The van der Waals surface area contributed by atoms with E-state index in [1.54, 1.807) is 31.4 Å². The van der Waals surface area contributed by atoms with Crippen molar-refractivity contribution in [2.45, 2.75) is 26.2 Å². The molecule has 2 amide bonds. The Kier molecular flexibility index (Phi) is 6.75. The van der Waals surface area contributed by atoms with Crippen LogP contribution in [0.2, 0.25) is 0 Å². The molecule has 2 rings (SSSR count). The summed E-state index contributed by atoms with van der Waals surface area (Å²) in [7, 11) is 1.63. The number of piperidine rings is 1. The minimum Gasteiger partial charge on any atom is -0.384 e. The molecule has 1 aromatic carbocycles. The van der Waals surface area contributed by atoms with Crippen molar-refractivity contribution in [2.75, 3.05) is 38.7 Å². The molecular weight excluding hydrogens is 306 g/mol. The minimum atomic E-state index is -0.489. The quantitative estimate of drug-likeness (QED) is 0.711. The molecule has 132 valence electrons. The van der Waals surface area contributed by atoms with E-state index in [4.69, 9.17) is 4.74 Å². The summed E-state index contributed by atoms with van der Waals surface area (Å²) < 4.78 is 5.29. The van der Waals surface area contributed by atoms with Gasteiger partial charge in [0.1, 0.15) is 0 Å². The van der Waals surface area contributed by atoms with Crippen molar-refractivity contribution in [1.29, 1.82) is 0 Å². The van der Waals surface area contributed by atoms with E-state index in [-0.39, 0.29) is 11.8 Å². The Bertz CT molecular complexity index is 546. The maximum atomic E-state index is 12.7. The average molecular weight is 333 g/mol. The van der Waals surface area contributed by atoms with Gasteiger partial charge in [0.2, 0.25) is 5.91 Å². The molecule has 1 heterocycles. The molecule has 0 spiro atoms. The average Bonchev–Trinajstić information content (AvgIpc) is 2.61. The van der Waals surface area contributed by atoms with Gasteiger partial charge in [0, 0.05) is 24.9 Å². The van der Waals surface area contributed by atoms with Crippen LogP contribution in [0.4, 0.5) is 5.69 Å². The highest BCUT2D eigenvalue weighted by atomic mass is 16.5. The predicted octanol–water partition coefficient (Wildman–Crippen LogP) is 1.78. The third-order valence-corrected chi connectivity index (χ3v) is 4.40. The van der Waals surface area contributed by atoms with Crippen LogP contribution in [0.25, 0.3) is 0 Å². The van der Waals surface area contributed by atoms with Crippen LogP contribution in [0.1, 0.15) is 36.5 Å². The lowest BCUT2D eigenvalue weighted by Gasteiger charge is -2.35. The number of methoxy groups -OCH3 is 1. The number of anilines is 1. The first kappa shape index (κ1) is 18.4. The van der Waals surface area contributed by atoms with Crippen LogP contribution in [0, 0.1) is 5.41 Å². The highest BCUT2D eigenvalue weighted by molar-refractivity contribution is 5.97. The fraction of sp³-hybridized carbons (Fsp3) is 0.556. The van der Waals surface area contributed by atoms with Gasteiger partial charge in [-0.3, -0.25) is 9.59 Å². The lowest BCUT2D eigenvalue weighted by Crippen LogP contribution is -2.47. The molecule has 6 heteroatoms. The van der Waals surface area contributed by atoms with Crippen LogP contribution in [-0.4, -0.2) is 45.2 Å². The van der Waals surface area contributed by atoms with Crippen molar-refractivity contribution in [2.24, 2.45) is 5.41 Å². The van der Waals surface area contributed by atoms with Gasteiger partial charge in [0.05, 0.1) is 12.0 Å². The molecule has 24 heavy (non-hydrogen) atoms. The first-order chi connectivity index (χ1) is 11.6. The summed E-state index contributed by atoms with van der Waals surface area (Å²) in [5, 5.41) is 9.08. The highest BCUT2D eigenvalue weighted by Gasteiger charge is 2.39. The van der Waals surface area contributed by atoms with Crippen LogP contribution in [0.5, 0.6) is 0 Å². The Morgan fingerprint density at radius 3 is 2.46 bits per heavy atom. The molecule has 0 radical (unpaired) electrons. The van der Waals surface area contributed by atoms with E-state index in [2.05, 4.69) is 16.0 Å². The van der Waals surface area contributed by atoms with Crippen LogP contribution < -0.4 is 16.0 Å². The predicted molar refractivity (Wildman–Crippen MR) is 94.1 cm³/mol. The summed E-state index contributed by atoms with van der Waals surface area (Å²) in [4.78, 5) is 24.6. The van der Waals surface area contributed by atoms with Crippen LogP contribution in [-0.2, 0) is 9.53 Å². The highest BCUT2D eigenvalue weighted by Crippen LogP contribution is 2.30. The number of benzene rings is 1. The zero-order valence-electron chi connectivity index (χ0n) is 14.5. The zero-order chi connectivity index (χ0) is 17.4. The van der Waals surface area contributed by atoms with Crippen LogP contribution in [0.3, 0.4) is 0 Å². The molecule has 1 aliphatic rings. The van der Waals surface area contributed by atoms with E-state index in [0.717, 1.165) is 32.4 Å². The molecule has 1 saturated heterocycles. The molecule has 0 unspecified atom stereocenters. The van der Waals surface area contributed by atoms with Crippen molar-refractivity contribution in [3.63, 3.8) is 0 Å². The fourth-order valence-electron chi connectivity index (χ4n) is 2.93. The summed E-state index contributed by atoms with van der Waals surface area (Å²) in [6.07, 6.45) is 2.41. The van der Waals surface area contributed by atoms with E-state index < -0.39 is 5.41 Å². The summed E-state index contributed by atoms with van der Waals surface area (Å²) in [6, 6.07) is 6.98. The third kappa shape index (κ3) is 4.55.